The van der Waals surface area contributed by atoms with Crippen LogP contribution in [0.15, 0.2) is 91.0 Å². The summed E-state index contributed by atoms with van der Waals surface area (Å²) >= 11 is 0. The number of aliphatic hydroxyl groups excluding tert-OH is 1. The zero-order valence-electron chi connectivity index (χ0n) is 32.1. The van der Waals surface area contributed by atoms with E-state index in [2.05, 4.69) is 31.6 Å². The first-order valence-electron chi connectivity index (χ1n) is 19.2. The van der Waals surface area contributed by atoms with Gasteiger partial charge in [-0.05, 0) is 66.5 Å². The lowest BCUT2D eigenvalue weighted by molar-refractivity contribution is -0.131. The molecule has 3 aromatic carbocycles. The Morgan fingerprint density at radius 2 is 1.64 bits per heavy atom. The topological polar surface area (TPSA) is 171 Å². The van der Waals surface area contributed by atoms with Gasteiger partial charge in [-0.1, -0.05) is 101 Å². The predicted molar refractivity (Wildman–Crippen MR) is 212 cm³/mol. The minimum absolute atomic E-state index is 0.0586. The molecule has 6 N–H and O–H groups in total. The van der Waals surface area contributed by atoms with E-state index in [0.717, 1.165) is 16.5 Å². The Morgan fingerprint density at radius 3 is 2.36 bits per heavy atom. The normalized spacial score (nSPS) is 18.8. The highest BCUT2D eigenvalue weighted by atomic mass is 16.5. The smallest absolute Gasteiger partial charge is 0.270 e. The number of para-hydroxylation sites is 1. The number of hydrogen-bond acceptors (Lipinski definition) is 8. The van der Waals surface area contributed by atoms with E-state index in [1.54, 1.807) is 6.07 Å². The molecule has 0 aliphatic carbocycles. The number of fused-ring (bicyclic) bond motifs is 13. The lowest BCUT2D eigenvalue weighted by Gasteiger charge is -2.30. The van der Waals surface area contributed by atoms with Crippen molar-refractivity contribution >= 4 is 34.5 Å². The van der Waals surface area contributed by atoms with Crippen LogP contribution in [0.2, 0.25) is 0 Å². The largest absolute Gasteiger partial charge is 0.494 e. The van der Waals surface area contributed by atoms with Crippen LogP contribution in [0, 0.1) is 11.8 Å². The summed E-state index contributed by atoms with van der Waals surface area (Å²) in [5, 5.41) is 27.7. The Bertz CT molecular complexity index is 1890. The van der Waals surface area contributed by atoms with Crippen molar-refractivity contribution in [3.63, 3.8) is 0 Å². The number of pyridine rings is 1. The first-order chi connectivity index (χ1) is 26.5. The van der Waals surface area contributed by atoms with Gasteiger partial charge in [-0.15, -0.1) is 0 Å². The van der Waals surface area contributed by atoms with E-state index >= 15 is 0 Å². The maximum atomic E-state index is 14.0. The fourth-order valence-electron chi connectivity index (χ4n) is 6.53. The van der Waals surface area contributed by atoms with Crippen LogP contribution in [-0.2, 0) is 27.2 Å². The van der Waals surface area contributed by atoms with Crippen molar-refractivity contribution in [3.05, 3.63) is 108 Å². The van der Waals surface area contributed by atoms with Gasteiger partial charge in [0.15, 0.2) is 0 Å². The van der Waals surface area contributed by atoms with Crippen LogP contribution in [0.5, 0.6) is 5.75 Å². The molecule has 3 heterocycles. The summed E-state index contributed by atoms with van der Waals surface area (Å²) in [5.74, 6) is -1.31. The third-order valence-electron chi connectivity index (χ3n) is 10.1. The first-order valence-corrected chi connectivity index (χ1v) is 19.2. The third-order valence-corrected chi connectivity index (χ3v) is 10.1. The molecule has 6 rings (SSSR count). The van der Waals surface area contributed by atoms with Gasteiger partial charge in [0.05, 0.1) is 30.3 Å². The molecule has 2 aliphatic rings. The summed E-state index contributed by atoms with van der Waals surface area (Å²) in [5.41, 5.74) is 2.60. The Labute approximate surface area is 323 Å². The van der Waals surface area contributed by atoms with E-state index in [4.69, 9.17) is 4.74 Å². The van der Waals surface area contributed by atoms with Crippen LogP contribution in [0.3, 0.4) is 0 Å². The molecule has 0 unspecified atom stereocenters. The highest BCUT2D eigenvalue weighted by Crippen LogP contribution is 2.17. The van der Waals surface area contributed by atoms with Crippen LogP contribution in [0.25, 0.3) is 10.9 Å². The van der Waals surface area contributed by atoms with Crippen molar-refractivity contribution in [2.45, 2.75) is 83.6 Å². The molecular formula is C43H54N6O6. The Hall–Kier alpha value is -5.33. The van der Waals surface area contributed by atoms with Gasteiger partial charge >= 0.3 is 0 Å². The number of rotatable bonds is 13. The predicted octanol–water partition coefficient (Wildman–Crippen LogP) is 3.71. The SMILES string of the molecule is CC[C@@H](C)[C@@H]1NC(=O)[C@@H](NC[C@@H](O)[C@H](Cc2ccccc2)NC(=O)[C@@H](NC(=O)c2ccc3ccccc3n2)C(C)C)Cc2ccc(cc2)OCCCNC1=O. The van der Waals surface area contributed by atoms with Crippen molar-refractivity contribution in [1.82, 2.24) is 31.6 Å². The number of carbonyl (C=O) groups excluding carboxylic acids is 4. The lowest BCUT2D eigenvalue weighted by atomic mass is 9.96. The number of hydrogen-bond donors (Lipinski definition) is 6. The van der Waals surface area contributed by atoms with E-state index in [-0.39, 0.29) is 48.7 Å². The number of amides is 4. The van der Waals surface area contributed by atoms with Crippen LogP contribution < -0.4 is 31.3 Å². The van der Waals surface area contributed by atoms with Gasteiger partial charge < -0.3 is 36.4 Å². The van der Waals surface area contributed by atoms with Gasteiger partial charge in [0.2, 0.25) is 17.7 Å². The van der Waals surface area contributed by atoms with E-state index in [1.807, 2.05) is 113 Å². The molecule has 0 saturated carbocycles. The van der Waals surface area contributed by atoms with Crippen LogP contribution >= 0.6 is 0 Å². The van der Waals surface area contributed by atoms with Crippen molar-refractivity contribution in [3.8, 4) is 5.75 Å². The van der Waals surface area contributed by atoms with E-state index in [1.165, 1.54) is 0 Å². The Balaban J connectivity index is 1.34. The molecule has 4 amide bonds. The zero-order valence-corrected chi connectivity index (χ0v) is 32.1. The number of aliphatic hydroxyl groups is 1. The maximum absolute atomic E-state index is 14.0. The summed E-state index contributed by atoms with van der Waals surface area (Å²) in [6.45, 7) is 8.35. The minimum Gasteiger partial charge on any atom is -0.494 e. The van der Waals surface area contributed by atoms with Crippen LogP contribution in [0.1, 0.15) is 62.2 Å². The Morgan fingerprint density at radius 1 is 0.909 bits per heavy atom. The molecule has 2 aliphatic heterocycles. The summed E-state index contributed by atoms with van der Waals surface area (Å²) < 4.78 is 5.85. The molecule has 0 fully saturated rings. The highest BCUT2D eigenvalue weighted by molar-refractivity contribution is 5.98. The molecule has 12 heteroatoms. The van der Waals surface area contributed by atoms with Crippen LogP contribution in [-0.4, -0.2) is 83.7 Å². The molecule has 55 heavy (non-hydrogen) atoms. The average molecular weight is 751 g/mol. The highest BCUT2D eigenvalue weighted by Gasteiger charge is 2.32. The van der Waals surface area contributed by atoms with E-state index in [9.17, 15) is 24.3 Å². The molecule has 292 valence electrons. The van der Waals surface area contributed by atoms with E-state index in [0.29, 0.717) is 37.3 Å². The fraction of sp³-hybridized carbons (Fsp3) is 0.419. The average Bonchev–Trinajstić information content (AvgIpc) is 3.20. The second kappa shape index (κ2) is 19.8. The van der Waals surface area contributed by atoms with Gasteiger partial charge in [-0.2, -0.15) is 0 Å². The number of nitrogens with zero attached hydrogens (tertiary/aromatic N) is 1. The monoisotopic (exact) mass is 750 g/mol. The van der Waals surface area contributed by atoms with Gasteiger partial charge in [0.25, 0.3) is 5.91 Å². The van der Waals surface area contributed by atoms with Gasteiger partial charge in [0, 0.05) is 18.5 Å². The Kier molecular flexibility index (Phi) is 14.7. The van der Waals surface area contributed by atoms with Gasteiger partial charge in [-0.3, -0.25) is 19.2 Å². The molecule has 1 aromatic heterocycles. The maximum Gasteiger partial charge on any atom is 0.270 e. The molecule has 12 nitrogen and oxygen atoms in total. The minimum atomic E-state index is -1.15. The second-order valence-corrected chi connectivity index (χ2v) is 14.6. The summed E-state index contributed by atoms with van der Waals surface area (Å²) in [7, 11) is 0. The molecule has 0 saturated heterocycles. The van der Waals surface area contributed by atoms with Crippen molar-refractivity contribution in [2.24, 2.45) is 11.8 Å². The number of aromatic nitrogens is 1. The first kappa shape index (κ1) is 40.8. The zero-order chi connectivity index (χ0) is 39.3. The molecule has 2 bridgehead atoms. The summed E-state index contributed by atoms with van der Waals surface area (Å²) in [4.78, 5) is 59.0. The molecule has 0 spiro atoms. The molecule has 6 atom stereocenters. The fourth-order valence-corrected chi connectivity index (χ4v) is 6.53. The number of nitrogens with one attached hydrogen (secondary N) is 5. The lowest BCUT2D eigenvalue weighted by Crippen LogP contribution is -2.58. The number of benzene rings is 3. The standard InChI is InChI=1S/C43H54N6O6/c1-5-28(4)39-42(53)44-22-11-23-55-32-19-16-30(17-20-32)25-36(41(52)49-39)45-26-37(50)35(24-29-12-7-6-8-13-29)47-43(54)38(27(2)3)48-40(51)34-21-18-31-14-9-10-15-33(31)46-34/h6-10,12-21,27-28,35-39,45,50H,5,11,22-26H2,1-4H3,(H,44,53)(H,47,54)(H,48,51)(H,49,52)/t28-,35+,36+,37-,38+,39+/m1/s1. The van der Waals surface area contributed by atoms with Crippen molar-refractivity contribution < 1.29 is 29.0 Å². The quantitative estimate of drug-likeness (QED) is 0.120. The van der Waals surface area contributed by atoms with Crippen LogP contribution in [0.4, 0.5) is 0 Å². The molecule has 0 radical (unpaired) electrons. The van der Waals surface area contributed by atoms with Crippen molar-refractivity contribution in [2.75, 3.05) is 19.7 Å². The van der Waals surface area contributed by atoms with Gasteiger partial charge in [-0.25, -0.2) is 4.98 Å². The number of ether oxygens (including phenoxy) is 1. The third kappa shape index (κ3) is 11.6. The number of carbonyl (C=O) groups is 4. The van der Waals surface area contributed by atoms with Crippen molar-refractivity contribution in [1.29, 1.82) is 0 Å². The summed E-state index contributed by atoms with van der Waals surface area (Å²) in [6, 6.07) is 24.6. The second-order valence-electron chi connectivity index (χ2n) is 14.6. The molecule has 4 aromatic rings. The van der Waals surface area contributed by atoms with Gasteiger partial charge in [0.1, 0.15) is 23.5 Å². The summed E-state index contributed by atoms with van der Waals surface area (Å²) in [6.07, 6.45) is 0.701. The molecular weight excluding hydrogens is 697 g/mol. The van der Waals surface area contributed by atoms with E-state index < -0.39 is 42.1 Å².